The lowest BCUT2D eigenvalue weighted by atomic mass is 9.67. The van der Waals surface area contributed by atoms with Crippen LogP contribution in [0.25, 0.3) is 44.5 Å². The van der Waals surface area contributed by atoms with Gasteiger partial charge in [0, 0.05) is 16.2 Å². The van der Waals surface area contributed by atoms with Crippen LogP contribution in [0.2, 0.25) is 0 Å². The molecule has 14 aromatic rings. The number of hydrogen-bond donors (Lipinski definition) is 0. The third kappa shape index (κ3) is 23.0. The number of allylic oxidation sites excluding steroid dienone is 4. The molecule has 8 aliphatic rings. The Morgan fingerprint density at radius 2 is 0.419 bits per heavy atom. The zero-order valence-electron chi connectivity index (χ0n) is 89.5. The maximum Gasteiger partial charge on any atom is 0.0713 e. The highest BCUT2D eigenvalue weighted by Gasteiger charge is 2.49. The van der Waals surface area contributed by atoms with Crippen LogP contribution in [0.4, 0.5) is 0 Å². The molecule has 22 rings (SSSR count). The molecule has 0 saturated heterocycles. The molecule has 0 heterocycles. The van der Waals surface area contributed by atoms with Gasteiger partial charge in [-0.2, -0.15) is 0 Å². The topological polar surface area (TPSA) is 0 Å². The first kappa shape index (κ1) is 109. The lowest BCUT2D eigenvalue weighted by molar-refractivity contribution is 0.399. The maximum atomic E-state index is 3.89. The monoisotopic (exact) mass is 1950 g/mol. The predicted molar refractivity (Wildman–Crippen MR) is 643 cm³/mol. The molecule has 0 atom stereocenters. The van der Waals surface area contributed by atoms with Gasteiger partial charge in [0.25, 0.3) is 0 Å². The molecule has 0 radical (unpaired) electrons. The molecule has 0 heteroatoms. The summed E-state index contributed by atoms with van der Waals surface area (Å²) in [6.45, 7) is 33.5. The van der Waals surface area contributed by atoms with Gasteiger partial charge in [-0.3, -0.25) is 0 Å². The van der Waals surface area contributed by atoms with E-state index in [1.807, 2.05) is 12.2 Å². The van der Waals surface area contributed by atoms with Crippen molar-refractivity contribution in [3.63, 3.8) is 0 Å². The molecule has 148 heavy (non-hydrogen) atoms. The Kier molecular flexibility index (Phi) is 36.5. The van der Waals surface area contributed by atoms with Crippen molar-refractivity contribution in [1.29, 1.82) is 0 Å². The molecule has 0 bridgehead atoms. The van der Waals surface area contributed by atoms with E-state index in [4.69, 9.17) is 0 Å². The normalized spacial score (nSPS) is 14.2. The Labute approximate surface area is 896 Å². The second-order valence-corrected chi connectivity index (χ2v) is 45.4. The Balaban J connectivity index is 0.000000141. The summed E-state index contributed by atoms with van der Waals surface area (Å²) in [5, 5.41) is 0. The lowest BCUT2D eigenvalue weighted by Crippen LogP contribution is -2.29. The molecule has 766 valence electrons. The molecular formula is C148H174. The quantitative estimate of drug-likeness (QED) is 0.0264. The number of hydrogen-bond acceptors (Lipinski definition) is 0. The van der Waals surface area contributed by atoms with E-state index in [0.29, 0.717) is 0 Å². The largest absolute Gasteiger partial charge is 0.103 e. The van der Waals surface area contributed by atoms with Gasteiger partial charge in [0.2, 0.25) is 0 Å². The van der Waals surface area contributed by atoms with Crippen LogP contribution in [0.5, 0.6) is 0 Å². The summed E-state index contributed by atoms with van der Waals surface area (Å²) in [5.74, 6) is 0. The average molecular weight is 1950 g/mol. The van der Waals surface area contributed by atoms with E-state index < -0.39 is 0 Å². The van der Waals surface area contributed by atoms with E-state index >= 15 is 0 Å². The van der Waals surface area contributed by atoms with E-state index in [9.17, 15) is 0 Å². The van der Waals surface area contributed by atoms with E-state index in [-0.39, 0.29) is 43.9 Å². The highest BCUT2D eigenvalue weighted by atomic mass is 14.5. The van der Waals surface area contributed by atoms with Gasteiger partial charge >= 0.3 is 0 Å². The van der Waals surface area contributed by atoms with Crippen LogP contribution in [0.1, 0.15) is 380 Å². The Morgan fingerprint density at radius 1 is 0.189 bits per heavy atom. The minimum Gasteiger partial charge on any atom is -0.103 e. The van der Waals surface area contributed by atoms with Crippen molar-refractivity contribution in [1.82, 2.24) is 0 Å². The third-order valence-electron chi connectivity index (χ3n) is 35.2. The van der Waals surface area contributed by atoms with Crippen molar-refractivity contribution >= 4 is 0 Å². The van der Waals surface area contributed by atoms with Gasteiger partial charge in [-0.15, -0.1) is 26.3 Å². The number of unbranched alkanes of at least 4 members (excludes halogenated alkanes) is 16. The van der Waals surface area contributed by atoms with Gasteiger partial charge in [0.05, 0.1) is 5.41 Å². The van der Waals surface area contributed by atoms with Gasteiger partial charge in [0.15, 0.2) is 0 Å². The molecule has 0 amide bonds. The molecule has 0 spiro atoms. The zero-order valence-corrected chi connectivity index (χ0v) is 89.5. The highest BCUT2D eigenvalue weighted by Crippen LogP contribution is 2.61. The maximum absolute atomic E-state index is 3.89. The molecular weight excluding hydrogens is 1780 g/mol. The second-order valence-electron chi connectivity index (χ2n) is 45.4. The van der Waals surface area contributed by atoms with Gasteiger partial charge in [-0.05, 0) is 407 Å². The molecule has 0 N–H and O–H groups in total. The number of fused-ring (bicyclic) bond motifs is 16. The Hall–Kier alpha value is -12.0. The van der Waals surface area contributed by atoms with Crippen LogP contribution in [0.3, 0.4) is 0 Å². The minimum atomic E-state index is -0.337. The molecule has 0 nitrogen and oxygen atoms in total. The van der Waals surface area contributed by atoms with Crippen molar-refractivity contribution < 1.29 is 0 Å². The fraction of sp³-hybridized carbons (Fsp3) is 0.378. The van der Waals surface area contributed by atoms with Crippen molar-refractivity contribution in [3.05, 3.63) is 496 Å². The van der Waals surface area contributed by atoms with Crippen molar-refractivity contribution in [3.8, 4) is 44.5 Å². The predicted octanol–water partition coefficient (Wildman–Crippen LogP) is 40.2. The summed E-state index contributed by atoms with van der Waals surface area (Å²) in [6, 6.07) is 105. The Bertz CT molecular complexity index is 6620. The number of benzene rings is 14. The Morgan fingerprint density at radius 3 is 0.703 bits per heavy atom. The molecule has 0 unspecified atom stereocenters. The highest BCUT2D eigenvalue weighted by molar-refractivity contribution is 5.89. The fourth-order valence-electron chi connectivity index (χ4n) is 26.8. The summed E-state index contributed by atoms with van der Waals surface area (Å²) >= 11 is 0. The van der Waals surface area contributed by atoms with E-state index in [0.717, 1.165) is 38.5 Å². The molecule has 0 aliphatic heterocycles. The van der Waals surface area contributed by atoms with E-state index in [2.05, 4.69) is 361 Å². The summed E-state index contributed by atoms with van der Waals surface area (Å²) in [7, 11) is 0. The van der Waals surface area contributed by atoms with E-state index in [1.54, 1.807) is 77.9 Å². The summed E-state index contributed by atoms with van der Waals surface area (Å²) in [5.41, 5.74) is 59.0. The van der Waals surface area contributed by atoms with E-state index in [1.165, 1.54) is 369 Å². The first-order valence-electron chi connectivity index (χ1n) is 56.9. The molecule has 0 saturated carbocycles. The van der Waals surface area contributed by atoms with Crippen LogP contribution >= 0.6 is 0 Å². The van der Waals surface area contributed by atoms with Crippen LogP contribution in [0.15, 0.2) is 318 Å². The van der Waals surface area contributed by atoms with Gasteiger partial charge in [-0.1, -0.05) is 448 Å². The van der Waals surface area contributed by atoms with Gasteiger partial charge < -0.3 is 0 Å². The van der Waals surface area contributed by atoms with Crippen molar-refractivity contribution in [2.75, 3.05) is 0 Å². The summed E-state index contributed by atoms with van der Waals surface area (Å²) in [4.78, 5) is 0. The SMILES string of the molecule is C.C.C.C=CCCCCCCC1(CCCCCCC=C)c2cc(C)ccc2-c2ccc(C)cc21.C=CCCc1ccc(C2(c3ccc(CCC=C)cc3)c3cc(C)ccc3-c3ccc(C)cc32)cc1.Cc1ccc2c(c1)C(CCCCCCc1ccc3c(c1)CC3)(CCCCCCc1ccc3c(c1)CC3)c1cc(C)ccc1-2.Cc1ccc2c(c1)C(CCCCCc1ccc3c(c1)CC3)(c1ccc3c(c1)CC3)c1cc(C)ccc1-2. The smallest absolute Gasteiger partial charge is 0.0713 e. The third-order valence-corrected chi connectivity index (χ3v) is 35.2. The van der Waals surface area contributed by atoms with Crippen molar-refractivity contribution in [2.24, 2.45) is 0 Å². The van der Waals surface area contributed by atoms with Gasteiger partial charge in [-0.25, -0.2) is 0 Å². The number of rotatable bonds is 43. The first-order valence-corrected chi connectivity index (χ1v) is 56.9. The fourth-order valence-corrected chi connectivity index (χ4v) is 26.8. The molecule has 0 aromatic heterocycles. The average Bonchev–Trinajstić information content (AvgIpc) is 1.53. The molecule has 8 aliphatic carbocycles. The summed E-state index contributed by atoms with van der Waals surface area (Å²) in [6.07, 6.45) is 59.7. The second kappa shape index (κ2) is 49.7. The number of aryl methyl sites for hydroxylation is 21. The van der Waals surface area contributed by atoms with Crippen LogP contribution in [-0.4, -0.2) is 0 Å². The minimum absolute atomic E-state index is 0. The van der Waals surface area contributed by atoms with Crippen LogP contribution in [-0.2, 0) is 105 Å². The van der Waals surface area contributed by atoms with Gasteiger partial charge in [0.1, 0.15) is 0 Å². The molecule has 0 fully saturated rings. The zero-order chi connectivity index (χ0) is 100. The molecule has 14 aromatic carbocycles. The summed E-state index contributed by atoms with van der Waals surface area (Å²) < 4.78 is 0. The van der Waals surface area contributed by atoms with Crippen molar-refractivity contribution in [2.45, 2.75) is 363 Å². The van der Waals surface area contributed by atoms with Crippen LogP contribution < -0.4 is 0 Å². The first-order chi connectivity index (χ1) is 70.9. The lowest BCUT2D eigenvalue weighted by Gasteiger charge is -2.35. The van der Waals surface area contributed by atoms with Crippen LogP contribution in [0, 0.1) is 55.4 Å². The standard InChI is InChI=1S/C43H50.C36H36.C35H34.C31H42.3CH4/c1-31-13-23-39-40-24-14-32(2)28-42(40)43(41(39)27-31,25-9-5-3-7-11-33-15-17-35-19-21-37(35)29-33)26-10-6-4-8-12-34-16-18-36-20-22-38(36)30-34;1-24-7-17-32-33-18-8-25(2)21-35(33)36(34(32)20-24,31-16-15-28-12-14-30(28)23-31)19-5-3-4-6-26-9-10-27-11-13-29(27)22-26;1-5-7-9-27-13-17-29(18-14-27)35(30-19-15-28(16-20-30)10-8-6-2)33-23-25(3)11-21-31(33)32-22-12-26(4)24-34(32)35;1-5-7-9-11-13-15-21-31(22-16-14-12-10-8-6-2)29-23-25(3)17-19-27(29)28-20-18-26(4)24-30(28)31;;;/h13-18,23-24,27-30H,3-12,19-22,25-26H2,1-2H3;7-10,15-18,20-23H,3-6,11-14,19H2,1-2H3;5-6,11-24H,1-2,7-10H2,3-4H3;5-6,17-20,23-24H,1-2,7-16,21-22H2,3-4H3;3*1H4.